The number of hydrogen-bond donors (Lipinski definition) is 0. The highest BCUT2D eigenvalue weighted by molar-refractivity contribution is 5.72. The summed E-state index contributed by atoms with van der Waals surface area (Å²) in [6, 6.07) is 17.1. The van der Waals surface area contributed by atoms with Gasteiger partial charge in [0, 0.05) is 0 Å². The van der Waals surface area contributed by atoms with Gasteiger partial charge in [0.05, 0.1) is 6.42 Å². The first-order valence-electron chi connectivity index (χ1n) is 8.23. The van der Waals surface area contributed by atoms with E-state index in [2.05, 4.69) is 0 Å². The predicted molar refractivity (Wildman–Crippen MR) is 95.9 cm³/mol. The molecule has 0 bridgehead atoms. The van der Waals surface area contributed by atoms with Crippen LogP contribution in [0.2, 0.25) is 0 Å². The highest BCUT2D eigenvalue weighted by Gasteiger charge is 2.35. The minimum absolute atomic E-state index is 0.0644. The summed E-state index contributed by atoms with van der Waals surface area (Å²) in [4.78, 5) is 23.5. The first-order valence-corrected chi connectivity index (χ1v) is 8.23. The summed E-state index contributed by atoms with van der Waals surface area (Å²) >= 11 is 0. The molecule has 2 aromatic rings. The molecule has 0 heterocycles. The summed E-state index contributed by atoms with van der Waals surface area (Å²) < 4.78 is 10.9. The molecule has 0 saturated heterocycles. The fourth-order valence-corrected chi connectivity index (χ4v) is 2.72. The van der Waals surface area contributed by atoms with E-state index < -0.39 is 17.2 Å². The number of carbonyl (C=O) groups excluding carboxylic acids is 2. The number of aryl methyl sites for hydroxylation is 1. The van der Waals surface area contributed by atoms with Gasteiger partial charge in [-0.05, 0) is 38.8 Å². The molecule has 1 atom stereocenters. The van der Waals surface area contributed by atoms with E-state index in [0.717, 1.165) is 16.7 Å². The van der Waals surface area contributed by atoms with Crippen LogP contribution in [-0.2, 0) is 30.3 Å². The third-order valence-corrected chi connectivity index (χ3v) is 4.29. The Labute approximate surface area is 148 Å². The van der Waals surface area contributed by atoms with Crippen molar-refractivity contribution in [1.29, 1.82) is 0 Å². The van der Waals surface area contributed by atoms with Gasteiger partial charge in [0.15, 0.2) is 0 Å². The van der Waals surface area contributed by atoms with Crippen molar-refractivity contribution in [2.24, 2.45) is 0 Å². The summed E-state index contributed by atoms with van der Waals surface area (Å²) in [6.07, 6.45) is -0.0644. The maximum atomic E-state index is 12.5. The lowest BCUT2D eigenvalue weighted by molar-refractivity contribution is -0.166. The molecule has 4 heteroatoms. The Morgan fingerprint density at radius 2 is 1.56 bits per heavy atom. The summed E-state index contributed by atoms with van der Waals surface area (Å²) in [5.41, 5.74) is 0.897. The second-order valence-corrected chi connectivity index (χ2v) is 6.84. The average Bonchev–Trinajstić information content (AvgIpc) is 2.55. The van der Waals surface area contributed by atoms with Gasteiger partial charge in [0.1, 0.15) is 11.2 Å². The van der Waals surface area contributed by atoms with Crippen molar-refractivity contribution < 1.29 is 19.1 Å². The van der Waals surface area contributed by atoms with Crippen LogP contribution in [0.5, 0.6) is 0 Å². The van der Waals surface area contributed by atoms with Crippen LogP contribution in [0.1, 0.15) is 43.9 Å². The van der Waals surface area contributed by atoms with E-state index in [4.69, 9.17) is 9.47 Å². The Kier molecular flexibility index (Phi) is 5.62. The smallest absolute Gasteiger partial charge is 0.311 e. The van der Waals surface area contributed by atoms with Crippen LogP contribution >= 0.6 is 0 Å². The molecule has 4 nitrogen and oxygen atoms in total. The van der Waals surface area contributed by atoms with Crippen LogP contribution < -0.4 is 0 Å². The molecule has 0 aliphatic carbocycles. The standard InChI is InChI=1S/C21H24O4/c1-16-10-12-18(13-11-16)21(4,24-15-22)14-19(23)25-20(2,3)17-8-6-5-7-9-17/h5-13,15H,14H2,1-4H3. The Morgan fingerprint density at radius 3 is 2.12 bits per heavy atom. The first kappa shape index (κ1) is 18.7. The van der Waals surface area contributed by atoms with Gasteiger partial charge in [-0.3, -0.25) is 9.59 Å². The zero-order valence-electron chi connectivity index (χ0n) is 15.1. The number of carbonyl (C=O) groups is 2. The number of esters is 1. The zero-order valence-corrected chi connectivity index (χ0v) is 15.1. The van der Waals surface area contributed by atoms with Gasteiger partial charge in [-0.15, -0.1) is 0 Å². The Hall–Kier alpha value is -2.62. The fraction of sp³-hybridized carbons (Fsp3) is 0.333. The van der Waals surface area contributed by atoms with Crippen molar-refractivity contribution in [3.05, 3.63) is 71.3 Å². The zero-order chi connectivity index (χ0) is 18.5. The van der Waals surface area contributed by atoms with E-state index in [1.54, 1.807) is 6.92 Å². The van der Waals surface area contributed by atoms with E-state index in [1.807, 2.05) is 75.4 Å². The summed E-state index contributed by atoms with van der Waals surface area (Å²) in [7, 11) is 0. The summed E-state index contributed by atoms with van der Waals surface area (Å²) in [5, 5.41) is 0. The molecule has 0 amide bonds. The lowest BCUT2D eigenvalue weighted by atomic mass is 9.91. The number of hydrogen-bond acceptors (Lipinski definition) is 4. The number of ether oxygens (including phenoxy) is 2. The molecule has 0 aliphatic heterocycles. The van der Waals surface area contributed by atoms with Crippen molar-refractivity contribution in [3.63, 3.8) is 0 Å². The molecule has 0 radical (unpaired) electrons. The average molecular weight is 340 g/mol. The maximum Gasteiger partial charge on any atom is 0.311 e. The van der Waals surface area contributed by atoms with Gasteiger partial charge in [-0.1, -0.05) is 60.2 Å². The fourth-order valence-electron chi connectivity index (χ4n) is 2.72. The van der Waals surface area contributed by atoms with Gasteiger partial charge < -0.3 is 9.47 Å². The van der Waals surface area contributed by atoms with Gasteiger partial charge in [-0.2, -0.15) is 0 Å². The molecule has 2 rings (SSSR count). The molecule has 0 saturated carbocycles. The minimum Gasteiger partial charge on any atom is -0.456 e. The van der Waals surface area contributed by atoms with Crippen molar-refractivity contribution >= 4 is 12.4 Å². The quantitative estimate of drug-likeness (QED) is 0.558. The second kappa shape index (κ2) is 7.51. The van der Waals surface area contributed by atoms with Crippen molar-refractivity contribution in [1.82, 2.24) is 0 Å². The number of benzene rings is 2. The largest absolute Gasteiger partial charge is 0.456 e. The third kappa shape index (κ3) is 4.69. The normalized spacial score (nSPS) is 13.6. The lowest BCUT2D eigenvalue weighted by Gasteiger charge is -2.31. The monoisotopic (exact) mass is 340 g/mol. The van der Waals surface area contributed by atoms with E-state index in [-0.39, 0.29) is 6.42 Å². The van der Waals surface area contributed by atoms with Crippen LogP contribution in [0.4, 0.5) is 0 Å². The Bertz CT molecular complexity index is 719. The van der Waals surface area contributed by atoms with Crippen LogP contribution in [0, 0.1) is 6.92 Å². The van der Waals surface area contributed by atoms with Gasteiger partial charge >= 0.3 is 5.97 Å². The molecule has 132 valence electrons. The summed E-state index contributed by atoms with van der Waals surface area (Å²) in [6.45, 7) is 7.73. The van der Waals surface area contributed by atoms with Crippen LogP contribution in [-0.4, -0.2) is 12.4 Å². The van der Waals surface area contributed by atoms with Crippen LogP contribution in [0.25, 0.3) is 0 Å². The van der Waals surface area contributed by atoms with Gasteiger partial charge in [0.2, 0.25) is 0 Å². The molecule has 0 aliphatic rings. The Morgan fingerprint density at radius 1 is 0.960 bits per heavy atom. The van der Waals surface area contributed by atoms with E-state index in [9.17, 15) is 9.59 Å². The molecular formula is C21H24O4. The highest BCUT2D eigenvalue weighted by atomic mass is 16.6. The molecule has 25 heavy (non-hydrogen) atoms. The molecule has 2 aromatic carbocycles. The molecule has 0 aromatic heterocycles. The Balaban J connectivity index is 2.17. The van der Waals surface area contributed by atoms with Crippen molar-refractivity contribution in [3.8, 4) is 0 Å². The molecule has 0 fully saturated rings. The van der Waals surface area contributed by atoms with E-state index >= 15 is 0 Å². The third-order valence-electron chi connectivity index (χ3n) is 4.29. The highest BCUT2D eigenvalue weighted by Crippen LogP contribution is 2.32. The van der Waals surface area contributed by atoms with Crippen LogP contribution in [0.3, 0.4) is 0 Å². The van der Waals surface area contributed by atoms with Gasteiger partial charge in [-0.25, -0.2) is 0 Å². The first-order chi connectivity index (χ1) is 11.8. The topological polar surface area (TPSA) is 52.6 Å². The second-order valence-electron chi connectivity index (χ2n) is 6.84. The molecule has 0 N–H and O–H groups in total. The van der Waals surface area contributed by atoms with Crippen LogP contribution in [0.15, 0.2) is 54.6 Å². The predicted octanol–water partition coefficient (Wildman–Crippen LogP) is 4.25. The SMILES string of the molecule is Cc1ccc(C(C)(CC(=O)OC(C)(C)c2ccccc2)OC=O)cc1. The molecule has 0 spiro atoms. The summed E-state index contributed by atoms with van der Waals surface area (Å²) in [5.74, 6) is -0.432. The van der Waals surface area contributed by atoms with E-state index in [0.29, 0.717) is 6.47 Å². The maximum absolute atomic E-state index is 12.5. The van der Waals surface area contributed by atoms with Crippen molar-refractivity contribution in [2.45, 2.75) is 45.3 Å². The number of rotatable bonds is 7. The van der Waals surface area contributed by atoms with Crippen molar-refractivity contribution in [2.75, 3.05) is 0 Å². The van der Waals surface area contributed by atoms with E-state index in [1.165, 1.54) is 0 Å². The molecule has 1 unspecified atom stereocenters. The molecular weight excluding hydrogens is 316 g/mol. The lowest BCUT2D eigenvalue weighted by Crippen LogP contribution is -2.33. The van der Waals surface area contributed by atoms with Gasteiger partial charge in [0.25, 0.3) is 6.47 Å². The minimum atomic E-state index is -1.07.